The molecule has 0 aromatic heterocycles. The van der Waals surface area contributed by atoms with E-state index in [9.17, 15) is 0 Å². The van der Waals surface area contributed by atoms with E-state index >= 15 is 0 Å². The molecule has 0 heterocycles. The van der Waals surface area contributed by atoms with Crippen molar-refractivity contribution in [2.24, 2.45) is 5.92 Å². The van der Waals surface area contributed by atoms with Gasteiger partial charge in [-0.05, 0) is 0 Å². The molecule has 1 fully saturated rings. The second-order valence-corrected chi connectivity index (χ2v) is 2.33. The molecule has 32 valence electrons. The summed E-state index contributed by atoms with van der Waals surface area (Å²) in [5.74, 6) is 0.870. The third-order valence-electron chi connectivity index (χ3n) is 1.27. The number of rotatable bonds is 0. The van der Waals surface area contributed by atoms with Crippen molar-refractivity contribution >= 4 is 0 Å². The molecule has 6 heavy (non-hydrogen) atoms. The van der Waals surface area contributed by atoms with E-state index in [-0.39, 0.29) is 0 Å². The van der Waals surface area contributed by atoms with Crippen molar-refractivity contribution in [2.45, 2.75) is 19.3 Å². The Morgan fingerprint density at radius 3 is 2.17 bits per heavy atom. The van der Waals surface area contributed by atoms with Crippen LogP contribution in [0.4, 0.5) is 0 Å². The van der Waals surface area contributed by atoms with Gasteiger partial charge in [-0.3, -0.25) is 0 Å². The van der Waals surface area contributed by atoms with Crippen LogP contribution in [0.1, 0.15) is 19.3 Å². The molecule has 0 spiro atoms. The van der Waals surface area contributed by atoms with Crippen LogP contribution in [0, 0.1) is 10.1 Å². The Balaban J connectivity index is 2.22. The van der Waals surface area contributed by atoms with Crippen LogP contribution < -0.4 is 0 Å². The SMILES string of the molecule is [Mo+]#[C]C1CCC1. The third-order valence-corrected chi connectivity index (χ3v) is 2.09. The van der Waals surface area contributed by atoms with Gasteiger partial charge in [-0.15, -0.1) is 0 Å². The zero-order valence-electron chi connectivity index (χ0n) is 3.61. The molecule has 0 atom stereocenters. The van der Waals surface area contributed by atoms with E-state index in [0.717, 1.165) is 5.92 Å². The van der Waals surface area contributed by atoms with Crippen LogP contribution in [0.2, 0.25) is 0 Å². The molecule has 1 rings (SSSR count). The molecular formula is C5H7Mo+. The fourth-order valence-electron chi connectivity index (χ4n) is 0.526. The number of hydrogen-bond donors (Lipinski definition) is 0. The standard InChI is InChI=1S/C5H7.Mo/c1-5-3-2-4-5;/h5H,2-4H2;/q;+1. The molecule has 0 bridgehead atoms. The summed E-state index contributed by atoms with van der Waals surface area (Å²) in [5.41, 5.74) is 0. The van der Waals surface area contributed by atoms with Gasteiger partial charge in [0.15, 0.2) is 0 Å². The van der Waals surface area contributed by atoms with Gasteiger partial charge in [0, 0.05) is 0 Å². The predicted octanol–water partition coefficient (Wildman–Crippen LogP) is 1.29. The Morgan fingerprint density at radius 1 is 1.50 bits per heavy atom. The average Bonchev–Trinajstić information content (AvgIpc) is 1.31. The average molecular weight is 163 g/mol. The van der Waals surface area contributed by atoms with Crippen molar-refractivity contribution in [3.63, 3.8) is 0 Å². The molecular weight excluding hydrogens is 156 g/mol. The Kier molecular flexibility index (Phi) is 1.51. The first kappa shape index (κ1) is 4.62. The first-order chi connectivity index (χ1) is 2.93. The normalized spacial score (nSPS) is 21.8. The first-order valence-electron chi connectivity index (χ1n) is 2.31. The molecule has 1 aliphatic rings. The molecule has 0 aromatic carbocycles. The van der Waals surface area contributed by atoms with Gasteiger partial charge in [0.2, 0.25) is 0 Å². The minimum absolute atomic E-state index is 0.870. The van der Waals surface area contributed by atoms with Crippen molar-refractivity contribution in [1.29, 1.82) is 0 Å². The molecule has 1 heteroatoms. The topological polar surface area (TPSA) is 0 Å². The summed E-state index contributed by atoms with van der Waals surface area (Å²) >= 11 is 1.97. The molecule has 0 N–H and O–H groups in total. The second-order valence-electron chi connectivity index (χ2n) is 1.75. The van der Waals surface area contributed by atoms with Crippen LogP contribution in [0.15, 0.2) is 0 Å². The molecule has 1 saturated carbocycles. The fourth-order valence-corrected chi connectivity index (χ4v) is 1.11. The van der Waals surface area contributed by atoms with E-state index in [1.165, 1.54) is 19.3 Å². The first-order valence-corrected chi connectivity index (χ1v) is 3.31. The maximum absolute atomic E-state index is 3.21. The van der Waals surface area contributed by atoms with Crippen molar-refractivity contribution in [1.82, 2.24) is 0 Å². The van der Waals surface area contributed by atoms with Crippen molar-refractivity contribution in [2.75, 3.05) is 0 Å². The molecule has 0 unspecified atom stereocenters. The van der Waals surface area contributed by atoms with Crippen LogP contribution in [0.3, 0.4) is 0 Å². The molecule has 1 aliphatic carbocycles. The van der Waals surface area contributed by atoms with Crippen molar-refractivity contribution in [3.8, 4) is 4.20 Å². The Labute approximate surface area is 48.9 Å². The van der Waals surface area contributed by atoms with Gasteiger partial charge in [0.1, 0.15) is 0 Å². The van der Waals surface area contributed by atoms with Gasteiger partial charge in [-0.25, -0.2) is 0 Å². The van der Waals surface area contributed by atoms with E-state index < -0.39 is 0 Å². The quantitative estimate of drug-likeness (QED) is 0.472. The van der Waals surface area contributed by atoms with Gasteiger partial charge in [0.05, 0.1) is 0 Å². The van der Waals surface area contributed by atoms with Crippen molar-refractivity contribution in [3.05, 3.63) is 0 Å². The Hall–Kier alpha value is 0.468. The fraction of sp³-hybridized carbons (Fsp3) is 0.800. The zero-order valence-corrected chi connectivity index (χ0v) is 5.61. The monoisotopic (exact) mass is 165 g/mol. The summed E-state index contributed by atoms with van der Waals surface area (Å²) in [6.07, 6.45) is 4.24. The van der Waals surface area contributed by atoms with Crippen LogP contribution in [-0.2, 0) is 19.2 Å². The Morgan fingerprint density at radius 2 is 2.17 bits per heavy atom. The summed E-state index contributed by atoms with van der Waals surface area (Å²) in [5, 5.41) is 0. The van der Waals surface area contributed by atoms with Gasteiger partial charge in [0.25, 0.3) is 0 Å². The van der Waals surface area contributed by atoms with Crippen LogP contribution in [0.25, 0.3) is 0 Å². The van der Waals surface area contributed by atoms with Crippen LogP contribution in [-0.4, -0.2) is 0 Å². The molecule has 0 amide bonds. The van der Waals surface area contributed by atoms with Gasteiger partial charge in [-0.1, -0.05) is 0 Å². The zero-order chi connectivity index (χ0) is 4.41. The van der Waals surface area contributed by atoms with Gasteiger partial charge >= 0.3 is 48.5 Å². The molecule has 0 nitrogen and oxygen atoms in total. The molecule has 0 radical (unpaired) electrons. The minimum atomic E-state index is 0.870. The summed E-state index contributed by atoms with van der Waals surface area (Å²) in [6.45, 7) is 0. The van der Waals surface area contributed by atoms with Crippen molar-refractivity contribution < 1.29 is 19.2 Å². The molecule has 0 aliphatic heterocycles. The van der Waals surface area contributed by atoms with Gasteiger partial charge < -0.3 is 0 Å². The predicted molar refractivity (Wildman–Crippen MR) is 21.2 cm³/mol. The van der Waals surface area contributed by atoms with E-state index in [1.54, 1.807) is 0 Å². The second kappa shape index (κ2) is 1.96. The van der Waals surface area contributed by atoms with Crippen LogP contribution in [0.5, 0.6) is 0 Å². The number of hydrogen-bond acceptors (Lipinski definition) is 0. The molecule has 0 aromatic rings. The van der Waals surface area contributed by atoms with E-state index in [1.807, 2.05) is 19.2 Å². The van der Waals surface area contributed by atoms with Crippen LogP contribution >= 0.6 is 0 Å². The summed E-state index contributed by atoms with van der Waals surface area (Å²) in [4.78, 5) is 0. The summed E-state index contributed by atoms with van der Waals surface area (Å²) < 4.78 is 3.21. The summed E-state index contributed by atoms with van der Waals surface area (Å²) in [7, 11) is 0. The maximum atomic E-state index is 3.21. The third kappa shape index (κ3) is 0.750. The van der Waals surface area contributed by atoms with E-state index in [0.29, 0.717) is 0 Å². The molecule has 0 saturated heterocycles. The van der Waals surface area contributed by atoms with E-state index in [4.69, 9.17) is 0 Å². The van der Waals surface area contributed by atoms with E-state index in [2.05, 4.69) is 4.20 Å². The van der Waals surface area contributed by atoms with Gasteiger partial charge in [-0.2, -0.15) is 0 Å². The summed E-state index contributed by atoms with van der Waals surface area (Å²) in [6, 6.07) is 0. The Bertz CT molecular complexity index is 76.4.